The minimum Gasteiger partial charge on any atom is -0.371 e. The topological polar surface area (TPSA) is 15.3 Å². The number of unbranched alkanes of at least 4 members (excludes halogenated alkanes) is 1. The van der Waals surface area contributed by atoms with E-state index in [1.165, 1.54) is 31.5 Å². The average Bonchev–Trinajstić information content (AvgIpc) is 2.35. The van der Waals surface area contributed by atoms with Crippen LogP contribution in [-0.4, -0.2) is 26.7 Å². The van der Waals surface area contributed by atoms with Crippen LogP contribution in [0.25, 0.3) is 0 Å². The zero-order chi connectivity index (χ0) is 11.6. The lowest BCUT2D eigenvalue weighted by atomic mass is 10.2. The number of hydrogen-bond acceptors (Lipinski definition) is 2. The van der Waals surface area contributed by atoms with Crippen molar-refractivity contribution in [3.8, 4) is 0 Å². The van der Waals surface area contributed by atoms with Crippen molar-refractivity contribution in [2.45, 2.75) is 26.2 Å². The van der Waals surface area contributed by atoms with E-state index >= 15 is 0 Å². The first-order valence-electron chi connectivity index (χ1n) is 6.33. The Morgan fingerprint density at radius 1 is 1.06 bits per heavy atom. The molecule has 1 rings (SSSR count). The molecule has 0 saturated carbocycles. The Balaban J connectivity index is 2.49. The number of nitrogens with zero attached hydrogens (tertiary/aromatic N) is 1. The lowest BCUT2D eigenvalue weighted by molar-refractivity contribution is 0.660. The summed E-state index contributed by atoms with van der Waals surface area (Å²) in [5.74, 6) is 0. The Labute approximate surface area is 99.7 Å². The first-order valence-corrected chi connectivity index (χ1v) is 6.33. The van der Waals surface area contributed by atoms with Crippen molar-refractivity contribution in [1.29, 1.82) is 0 Å². The van der Waals surface area contributed by atoms with Crippen molar-refractivity contribution in [3.05, 3.63) is 30.3 Å². The van der Waals surface area contributed by atoms with Gasteiger partial charge >= 0.3 is 0 Å². The smallest absolute Gasteiger partial charge is 0.0366 e. The van der Waals surface area contributed by atoms with E-state index in [1.807, 2.05) is 7.05 Å². The molecule has 0 unspecified atom stereocenters. The molecule has 0 radical (unpaired) electrons. The van der Waals surface area contributed by atoms with Crippen LogP contribution in [0.4, 0.5) is 5.69 Å². The van der Waals surface area contributed by atoms with Gasteiger partial charge in [0.1, 0.15) is 0 Å². The van der Waals surface area contributed by atoms with Gasteiger partial charge in [-0.15, -0.1) is 0 Å². The monoisotopic (exact) mass is 220 g/mol. The first kappa shape index (κ1) is 13.0. The van der Waals surface area contributed by atoms with Gasteiger partial charge in [-0.05, 0) is 38.6 Å². The number of para-hydroxylation sites is 1. The van der Waals surface area contributed by atoms with Gasteiger partial charge in [0.25, 0.3) is 0 Å². The molecule has 1 aromatic rings. The average molecular weight is 220 g/mol. The molecule has 0 atom stereocenters. The van der Waals surface area contributed by atoms with E-state index in [4.69, 9.17) is 0 Å². The van der Waals surface area contributed by atoms with Crippen LogP contribution in [-0.2, 0) is 0 Å². The fraction of sp³-hybridized carbons (Fsp3) is 0.571. The van der Waals surface area contributed by atoms with Crippen LogP contribution in [0.1, 0.15) is 26.2 Å². The zero-order valence-electron chi connectivity index (χ0n) is 10.6. The van der Waals surface area contributed by atoms with E-state index in [0.29, 0.717) is 0 Å². The standard InChI is InChI=1S/C14H24N2/c1-3-4-12-16(13-8-11-15-2)14-9-6-5-7-10-14/h5-7,9-10,15H,3-4,8,11-13H2,1-2H3. The van der Waals surface area contributed by atoms with Crippen LogP contribution in [0.5, 0.6) is 0 Å². The second-order valence-electron chi connectivity index (χ2n) is 4.13. The van der Waals surface area contributed by atoms with E-state index < -0.39 is 0 Å². The van der Waals surface area contributed by atoms with Crippen LogP contribution < -0.4 is 10.2 Å². The number of anilines is 1. The van der Waals surface area contributed by atoms with Gasteiger partial charge < -0.3 is 10.2 Å². The van der Waals surface area contributed by atoms with Crippen LogP contribution in [0.15, 0.2) is 30.3 Å². The first-order chi connectivity index (χ1) is 7.88. The van der Waals surface area contributed by atoms with Crippen LogP contribution in [0.3, 0.4) is 0 Å². The summed E-state index contributed by atoms with van der Waals surface area (Å²) in [6, 6.07) is 10.7. The molecule has 1 aromatic carbocycles. The summed E-state index contributed by atoms with van der Waals surface area (Å²) in [4.78, 5) is 2.49. The molecule has 0 fully saturated rings. The third kappa shape index (κ3) is 4.67. The van der Waals surface area contributed by atoms with Crippen LogP contribution in [0, 0.1) is 0 Å². The van der Waals surface area contributed by atoms with Crippen molar-refractivity contribution in [3.63, 3.8) is 0 Å². The molecule has 0 aliphatic heterocycles. The van der Waals surface area contributed by atoms with Gasteiger partial charge in [0.2, 0.25) is 0 Å². The number of hydrogen-bond donors (Lipinski definition) is 1. The molecular formula is C14H24N2. The van der Waals surface area contributed by atoms with Crippen molar-refractivity contribution in [2.24, 2.45) is 0 Å². The molecule has 0 amide bonds. The van der Waals surface area contributed by atoms with E-state index in [1.54, 1.807) is 0 Å². The van der Waals surface area contributed by atoms with Crippen molar-refractivity contribution in [1.82, 2.24) is 5.32 Å². The number of rotatable bonds is 8. The quantitative estimate of drug-likeness (QED) is 0.678. The molecule has 2 heteroatoms. The van der Waals surface area contributed by atoms with Crippen molar-refractivity contribution < 1.29 is 0 Å². The molecule has 0 heterocycles. The van der Waals surface area contributed by atoms with Gasteiger partial charge in [0.05, 0.1) is 0 Å². The molecule has 16 heavy (non-hydrogen) atoms. The van der Waals surface area contributed by atoms with Gasteiger partial charge in [0.15, 0.2) is 0 Å². The Bertz CT molecular complexity index is 259. The van der Waals surface area contributed by atoms with Gasteiger partial charge in [0, 0.05) is 18.8 Å². The minimum atomic E-state index is 1.09. The number of nitrogens with one attached hydrogen (secondary N) is 1. The summed E-state index contributed by atoms with van der Waals surface area (Å²) in [5.41, 5.74) is 1.35. The summed E-state index contributed by atoms with van der Waals surface area (Å²) in [7, 11) is 2.01. The predicted molar refractivity (Wildman–Crippen MR) is 72.1 cm³/mol. The normalized spacial score (nSPS) is 10.4. The third-order valence-electron chi connectivity index (χ3n) is 2.76. The van der Waals surface area contributed by atoms with Crippen molar-refractivity contribution in [2.75, 3.05) is 31.6 Å². The highest BCUT2D eigenvalue weighted by Crippen LogP contribution is 2.14. The molecule has 90 valence electrons. The summed E-state index contributed by atoms with van der Waals surface area (Å²) in [6.45, 7) is 5.65. The largest absolute Gasteiger partial charge is 0.371 e. The molecule has 0 aromatic heterocycles. The van der Waals surface area contributed by atoms with Gasteiger partial charge in [-0.1, -0.05) is 31.5 Å². The lowest BCUT2D eigenvalue weighted by Gasteiger charge is -2.24. The number of benzene rings is 1. The maximum absolute atomic E-state index is 3.20. The molecule has 1 N–H and O–H groups in total. The predicted octanol–water partition coefficient (Wildman–Crippen LogP) is 2.90. The fourth-order valence-electron chi connectivity index (χ4n) is 1.80. The Hall–Kier alpha value is -1.02. The van der Waals surface area contributed by atoms with E-state index in [9.17, 15) is 0 Å². The van der Waals surface area contributed by atoms with Crippen molar-refractivity contribution >= 4 is 5.69 Å². The molecular weight excluding hydrogens is 196 g/mol. The minimum absolute atomic E-state index is 1.09. The summed E-state index contributed by atoms with van der Waals surface area (Å²) < 4.78 is 0. The van der Waals surface area contributed by atoms with Crippen LogP contribution >= 0.6 is 0 Å². The summed E-state index contributed by atoms with van der Waals surface area (Å²) >= 11 is 0. The van der Waals surface area contributed by atoms with Gasteiger partial charge in [-0.2, -0.15) is 0 Å². The third-order valence-corrected chi connectivity index (χ3v) is 2.76. The molecule has 2 nitrogen and oxygen atoms in total. The second kappa shape index (κ2) is 8.17. The fourth-order valence-corrected chi connectivity index (χ4v) is 1.80. The summed E-state index contributed by atoms with van der Waals surface area (Å²) in [6.07, 6.45) is 3.74. The second-order valence-corrected chi connectivity index (χ2v) is 4.13. The van der Waals surface area contributed by atoms with E-state index in [2.05, 4.69) is 47.5 Å². The molecule has 0 spiro atoms. The Kier molecular flexibility index (Phi) is 6.66. The molecule has 0 bridgehead atoms. The lowest BCUT2D eigenvalue weighted by Crippen LogP contribution is -2.27. The highest BCUT2D eigenvalue weighted by atomic mass is 15.1. The van der Waals surface area contributed by atoms with E-state index in [0.717, 1.165) is 13.1 Å². The SMILES string of the molecule is CCCCN(CCCNC)c1ccccc1. The maximum Gasteiger partial charge on any atom is 0.0366 e. The van der Waals surface area contributed by atoms with Crippen LogP contribution in [0.2, 0.25) is 0 Å². The van der Waals surface area contributed by atoms with Gasteiger partial charge in [-0.25, -0.2) is 0 Å². The maximum atomic E-state index is 3.20. The Morgan fingerprint density at radius 2 is 1.75 bits per heavy atom. The highest BCUT2D eigenvalue weighted by Gasteiger charge is 2.04. The highest BCUT2D eigenvalue weighted by molar-refractivity contribution is 5.45. The molecule has 0 saturated heterocycles. The zero-order valence-corrected chi connectivity index (χ0v) is 10.6. The Morgan fingerprint density at radius 3 is 2.38 bits per heavy atom. The molecule has 0 aliphatic rings. The summed E-state index contributed by atoms with van der Waals surface area (Å²) in [5, 5.41) is 3.20. The van der Waals surface area contributed by atoms with E-state index in [-0.39, 0.29) is 0 Å². The van der Waals surface area contributed by atoms with Gasteiger partial charge in [-0.3, -0.25) is 0 Å². The molecule has 0 aliphatic carbocycles.